The first-order valence-electron chi connectivity index (χ1n) is 4.99. The molecule has 0 aliphatic carbocycles. The summed E-state index contributed by atoms with van der Waals surface area (Å²) < 4.78 is 4.76. The van der Waals surface area contributed by atoms with Crippen molar-refractivity contribution in [2.45, 2.75) is 13.5 Å². The fourth-order valence-corrected chi connectivity index (χ4v) is 2.04. The summed E-state index contributed by atoms with van der Waals surface area (Å²) in [6.45, 7) is 2.12. The molecule has 1 aromatic carbocycles. The lowest BCUT2D eigenvalue weighted by molar-refractivity contribution is -0.140. The van der Waals surface area contributed by atoms with Crippen molar-refractivity contribution in [1.29, 1.82) is 0 Å². The van der Waals surface area contributed by atoms with Gasteiger partial charge in [-0.05, 0) is 18.6 Å². The van der Waals surface area contributed by atoms with Crippen molar-refractivity contribution in [3.63, 3.8) is 0 Å². The number of nitrogens with one attached hydrogen (secondary N) is 1. The van der Waals surface area contributed by atoms with Crippen LogP contribution in [0, 0.1) is 6.92 Å². The maximum atomic E-state index is 11.7. The van der Waals surface area contributed by atoms with E-state index >= 15 is 0 Å². The van der Waals surface area contributed by atoms with Gasteiger partial charge >= 0.3 is 5.97 Å². The number of ketones is 1. The van der Waals surface area contributed by atoms with E-state index in [4.69, 9.17) is 4.74 Å². The smallest absolute Gasteiger partial charge is 0.380 e. The number of esters is 1. The number of H-pyrrole nitrogens is 1. The average Bonchev–Trinajstić information content (AvgIpc) is 2.61. The normalized spacial score (nSPS) is 15.1. The highest BCUT2D eigenvalue weighted by molar-refractivity contribution is 6.44. The molecule has 0 spiro atoms. The number of carbonyl (C=O) groups is 2. The minimum absolute atomic E-state index is 0.146. The molecule has 1 N–H and O–H groups in total. The third-order valence-corrected chi connectivity index (χ3v) is 2.79. The van der Waals surface area contributed by atoms with Gasteiger partial charge in [-0.3, -0.25) is 4.79 Å². The van der Waals surface area contributed by atoms with Crippen LogP contribution in [-0.2, 0) is 16.1 Å². The Hall–Kier alpha value is -2.10. The Morgan fingerprint density at radius 2 is 2.12 bits per heavy atom. The molecular formula is C12H9NO3. The van der Waals surface area contributed by atoms with Gasteiger partial charge in [-0.2, -0.15) is 0 Å². The maximum absolute atomic E-state index is 11.7. The molecule has 0 saturated carbocycles. The first kappa shape index (κ1) is 9.15. The zero-order valence-electron chi connectivity index (χ0n) is 8.66. The van der Waals surface area contributed by atoms with Crippen molar-refractivity contribution in [1.82, 2.24) is 4.98 Å². The fourth-order valence-electron chi connectivity index (χ4n) is 2.04. The largest absolute Gasteiger partial charge is 0.453 e. The lowest BCUT2D eigenvalue weighted by atomic mass is 10.0. The second kappa shape index (κ2) is 2.95. The summed E-state index contributed by atoms with van der Waals surface area (Å²) in [6, 6.07) is 5.73. The molecule has 1 aliphatic rings. The summed E-state index contributed by atoms with van der Waals surface area (Å²) in [7, 11) is 0. The summed E-state index contributed by atoms with van der Waals surface area (Å²) in [4.78, 5) is 26.0. The monoisotopic (exact) mass is 215 g/mol. The molecule has 1 aliphatic heterocycles. The van der Waals surface area contributed by atoms with Gasteiger partial charge in [0.15, 0.2) is 0 Å². The predicted octanol–water partition coefficient (Wildman–Crippen LogP) is 1.72. The summed E-state index contributed by atoms with van der Waals surface area (Å²) in [5.74, 6) is -1.33. The molecule has 80 valence electrons. The fraction of sp³-hybridized carbons (Fsp3) is 0.167. The van der Waals surface area contributed by atoms with Crippen molar-refractivity contribution in [2.75, 3.05) is 0 Å². The Kier molecular flexibility index (Phi) is 1.68. The molecule has 2 aromatic rings. The van der Waals surface area contributed by atoms with E-state index in [9.17, 15) is 9.59 Å². The number of aryl methyl sites for hydroxylation is 1. The van der Waals surface area contributed by atoms with E-state index in [1.165, 1.54) is 0 Å². The average molecular weight is 215 g/mol. The number of hydrogen-bond donors (Lipinski definition) is 1. The van der Waals surface area contributed by atoms with Gasteiger partial charge in [-0.15, -0.1) is 0 Å². The number of rotatable bonds is 0. The van der Waals surface area contributed by atoms with Crippen LogP contribution in [0.2, 0.25) is 0 Å². The van der Waals surface area contributed by atoms with Gasteiger partial charge in [-0.25, -0.2) is 4.79 Å². The van der Waals surface area contributed by atoms with Gasteiger partial charge in [-0.1, -0.05) is 12.1 Å². The quantitative estimate of drug-likeness (QED) is 0.537. The number of aromatic nitrogens is 1. The molecule has 0 bridgehead atoms. The van der Waals surface area contributed by atoms with Crippen LogP contribution >= 0.6 is 0 Å². The Morgan fingerprint density at radius 3 is 2.94 bits per heavy atom. The minimum Gasteiger partial charge on any atom is -0.453 e. The Labute approximate surface area is 91.2 Å². The molecule has 3 rings (SSSR count). The summed E-state index contributed by atoms with van der Waals surface area (Å²) >= 11 is 0. The van der Waals surface area contributed by atoms with Crippen molar-refractivity contribution in [3.05, 3.63) is 35.0 Å². The molecule has 4 heteroatoms. The lowest BCUT2D eigenvalue weighted by Crippen LogP contribution is -2.23. The summed E-state index contributed by atoms with van der Waals surface area (Å²) in [5.41, 5.74) is 3.12. The van der Waals surface area contributed by atoms with Crippen molar-refractivity contribution in [3.8, 4) is 0 Å². The van der Waals surface area contributed by atoms with E-state index in [2.05, 4.69) is 4.98 Å². The third kappa shape index (κ3) is 1.10. The number of hydrogen-bond acceptors (Lipinski definition) is 3. The van der Waals surface area contributed by atoms with Crippen LogP contribution in [0.3, 0.4) is 0 Å². The topological polar surface area (TPSA) is 59.2 Å². The first-order chi connectivity index (χ1) is 7.66. The van der Waals surface area contributed by atoms with Gasteiger partial charge in [0.1, 0.15) is 6.61 Å². The number of aromatic amines is 1. The second-order valence-electron chi connectivity index (χ2n) is 3.93. The highest BCUT2D eigenvalue weighted by atomic mass is 16.5. The molecule has 0 unspecified atom stereocenters. The number of Topliss-reactive ketones (excluding diaryl/α,β-unsaturated/α-hetero) is 1. The molecule has 4 nitrogen and oxygen atoms in total. The van der Waals surface area contributed by atoms with Crippen molar-refractivity contribution >= 4 is 22.7 Å². The Balaban J connectivity index is 2.36. The zero-order valence-corrected chi connectivity index (χ0v) is 8.66. The molecule has 1 aromatic heterocycles. The highest BCUT2D eigenvalue weighted by Gasteiger charge is 2.30. The van der Waals surface area contributed by atoms with Crippen LogP contribution in [0.5, 0.6) is 0 Å². The number of ether oxygens (including phenoxy) is 1. The van der Waals surface area contributed by atoms with E-state index in [0.717, 1.165) is 16.5 Å². The lowest BCUT2D eigenvalue weighted by Gasteiger charge is -2.10. The van der Waals surface area contributed by atoms with Crippen molar-refractivity contribution < 1.29 is 14.3 Å². The van der Waals surface area contributed by atoms with E-state index in [1.807, 2.05) is 25.1 Å². The summed E-state index contributed by atoms with van der Waals surface area (Å²) in [6.07, 6.45) is 0. The molecule has 0 fully saturated rings. The summed E-state index contributed by atoms with van der Waals surface area (Å²) in [5, 5.41) is 0.794. The van der Waals surface area contributed by atoms with Gasteiger partial charge in [0.2, 0.25) is 0 Å². The minimum atomic E-state index is -0.769. The standard InChI is InChI=1S/C12H9NO3/c1-6-2-3-7-8(4-6)13-9-5-16-12(15)11(14)10(7)9/h2-4,13H,5H2,1H3. The number of cyclic esters (lactones) is 1. The van der Waals surface area contributed by atoms with Crippen molar-refractivity contribution in [2.24, 2.45) is 0 Å². The molecule has 2 heterocycles. The third-order valence-electron chi connectivity index (χ3n) is 2.79. The van der Waals surface area contributed by atoms with E-state index in [-0.39, 0.29) is 6.61 Å². The number of benzene rings is 1. The van der Waals surface area contributed by atoms with Gasteiger partial charge in [0, 0.05) is 10.9 Å². The van der Waals surface area contributed by atoms with Crippen LogP contribution in [0.15, 0.2) is 18.2 Å². The Bertz CT molecular complexity index is 624. The van der Waals surface area contributed by atoms with Gasteiger partial charge < -0.3 is 9.72 Å². The SMILES string of the molecule is Cc1ccc2c3c([nH]c2c1)COC(=O)C3=O. The van der Waals surface area contributed by atoms with Crippen LogP contribution in [0.4, 0.5) is 0 Å². The zero-order chi connectivity index (χ0) is 11.3. The van der Waals surface area contributed by atoms with Crippen LogP contribution in [0.25, 0.3) is 10.9 Å². The second-order valence-corrected chi connectivity index (χ2v) is 3.93. The van der Waals surface area contributed by atoms with Gasteiger partial charge in [0.25, 0.3) is 5.78 Å². The predicted molar refractivity (Wildman–Crippen MR) is 57.2 cm³/mol. The molecular weight excluding hydrogens is 206 g/mol. The van der Waals surface area contributed by atoms with Crippen LogP contribution in [-0.4, -0.2) is 16.7 Å². The number of fused-ring (bicyclic) bond motifs is 3. The van der Waals surface area contributed by atoms with Crippen LogP contribution < -0.4 is 0 Å². The van der Waals surface area contributed by atoms with E-state index < -0.39 is 11.8 Å². The molecule has 0 saturated heterocycles. The number of carbonyl (C=O) groups excluding carboxylic acids is 2. The molecule has 0 radical (unpaired) electrons. The van der Waals surface area contributed by atoms with Gasteiger partial charge in [0.05, 0.1) is 11.3 Å². The Morgan fingerprint density at radius 1 is 1.31 bits per heavy atom. The molecule has 0 amide bonds. The maximum Gasteiger partial charge on any atom is 0.380 e. The first-order valence-corrected chi connectivity index (χ1v) is 4.99. The highest BCUT2D eigenvalue weighted by Crippen LogP contribution is 2.27. The van der Waals surface area contributed by atoms with E-state index in [0.29, 0.717) is 11.3 Å². The molecule has 16 heavy (non-hydrogen) atoms. The molecule has 0 atom stereocenters. The van der Waals surface area contributed by atoms with Crippen LogP contribution in [0.1, 0.15) is 21.6 Å². The van der Waals surface area contributed by atoms with E-state index in [1.54, 1.807) is 0 Å².